The molecule has 4 heteroatoms. The number of benzene rings is 1. The van der Waals surface area contributed by atoms with E-state index >= 15 is 0 Å². The quantitative estimate of drug-likeness (QED) is 0.541. The van der Waals surface area contributed by atoms with Crippen molar-refractivity contribution in [1.29, 1.82) is 0 Å². The second-order valence-corrected chi connectivity index (χ2v) is 4.03. The van der Waals surface area contributed by atoms with Crippen LogP contribution >= 0.6 is 11.6 Å². The van der Waals surface area contributed by atoms with Crippen LogP contribution in [0.5, 0.6) is 0 Å². The Morgan fingerprint density at radius 1 is 1.60 bits per heavy atom. The van der Waals surface area contributed by atoms with E-state index in [1.54, 1.807) is 6.08 Å². The van der Waals surface area contributed by atoms with Crippen LogP contribution in [0.4, 0.5) is 5.69 Å². The van der Waals surface area contributed by atoms with Gasteiger partial charge in [-0.3, -0.25) is 0 Å². The van der Waals surface area contributed by atoms with Crippen LogP contribution in [-0.2, 0) is 4.79 Å². The molecule has 1 aliphatic rings. The van der Waals surface area contributed by atoms with Crippen LogP contribution in [0.2, 0.25) is 5.02 Å². The number of anilines is 1. The topological polar surface area (TPSA) is 32.7 Å². The molecule has 0 saturated heterocycles. The number of fused-ring (bicyclic) bond motifs is 1. The number of rotatable bonds is 1. The fourth-order valence-corrected chi connectivity index (χ4v) is 2.31. The summed E-state index contributed by atoms with van der Waals surface area (Å²) in [4.78, 5) is 16.2. The molecule has 0 aromatic heterocycles. The SMILES string of the molecule is CN1CCC(N=C=O)c2cccc(Cl)c21. The Labute approximate surface area is 93.4 Å². The van der Waals surface area contributed by atoms with Gasteiger partial charge in [-0.1, -0.05) is 23.7 Å². The highest BCUT2D eigenvalue weighted by molar-refractivity contribution is 6.33. The second-order valence-electron chi connectivity index (χ2n) is 3.62. The average molecular weight is 223 g/mol. The standard InChI is InChI=1S/C11H11ClN2O/c1-14-6-5-10(13-7-15)8-3-2-4-9(12)11(8)14/h2-4,10H,5-6H2,1H3. The molecule has 15 heavy (non-hydrogen) atoms. The van der Waals surface area contributed by atoms with Gasteiger partial charge in [0.25, 0.3) is 0 Å². The molecule has 0 spiro atoms. The zero-order valence-corrected chi connectivity index (χ0v) is 9.16. The van der Waals surface area contributed by atoms with Gasteiger partial charge in [-0.05, 0) is 12.5 Å². The highest BCUT2D eigenvalue weighted by Gasteiger charge is 2.24. The number of para-hydroxylation sites is 1. The maximum Gasteiger partial charge on any atom is 0.235 e. The molecule has 0 N–H and O–H groups in total. The molecule has 0 aliphatic carbocycles. The van der Waals surface area contributed by atoms with Gasteiger partial charge in [-0.25, -0.2) is 4.79 Å². The summed E-state index contributed by atoms with van der Waals surface area (Å²) in [6.45, 7) is 0.854. The predicted molar refractivity (Wildman–Crippen MR) is 60.2 cm³/mol. The monoisotopic (exact) mass is 222 g/mol. The lowest BCUT2D eigenvalue weighted by Crippen LogP contribution is -2.26. The van der Waals surface area contributed by atoms with E-state index in [2.05, 4.69) is 9.89 Å². The number of halogens is 1. The first-order chi connectivity index (χ1) is 7.24. The molecule has 1 unspecified atom stereocenters. The van der Waals surface area contributed by atoms with Gasteiger partial charge in [0.15, 0.2) is 0 Å². The molecule has 1 aromatic carbocycles. The summed E-state index contributed by atoms with van der Waals surface area (Å²) in [6.07, 6.45) is 2.46. The smallest absolute Gasteiger partial charge is 0.235 e. The summed E-state index contributed by atoms with van der Waals surface area (Å²) in [5, 5.41) is 0.709. The first kappa shape index (κ1) is 10.2. The fourth-order valence-electron chi connectivity index (χ4n) is 1.98. The van der Waals surface area contributed by atoms with Gasteiger partial charge >= 0.3 is 0 Å². The van der Waals surface area contributed by atoms with Gasteiger partial charge < -0.3 is 4.90 Å². The number of carbonyl (C=O) groups excluding carboxylic acids is 1. The van der Waals surface area contributed by atoms with E-state index < -0.39 is 0 Å². The maximum atomic E-state index is 10.3. The third kappa shape index (κ3) is 1.76. The molecule has 0 fully saturated rings. The van der Waals surface area contributed by atoms with Gasteiger partial charge in [-0.2, -0.15) is 4.99 Å². The van der Waals surface area contributed by atoms with E-state index in [0.717, 1.165) is 24.2 Å². The molecule has 2 rings (SSSR count). The van der Waals surface area contributed by atoms with Crippen molar-refractivity contribution < 1.29 is 4.79 Å². The van der Waals surface area contributed by atoms with Gasteiger partial charge in [0, 0.05) is 19.2 Å². The Balaban J connectivity index is 2.54. The Morgan fingerprint density at radius 3 is 3.13 bits per heavy atom. The normalized spacial score (nSPS) is 19.3. The van der Waals surface area contributed by atoms with Crippen LogP contribution in [0, 0.1) is 0 Å². The van der Waals surface area contributed by atoms with Gasteiger partial charge in [-0.15, -0.1) is 0 Å². The van der Waals surface area contributed by atoms with Crippen molar-refractivity contribution in [3.63, 3.8) is 0 Å². The van der Waals surface area contributed by atoms with Crippen molar-refractivity contribution in [2.45, 2.75) is 12.5 Å². The minimum absolute atomic E-state index is 0.0904. The van der Waals surface area contributed by atoms with Crippen LogP contribution in [0.1, 0.15) is 18.0 Å². The van der Waals surface area contributed by atoms with E-state index in [4.69, 9.17) is 11.6 Å². The zero-order valence-electron chi connectivity index (χ0n) is 8.40. The summed E-state index contributed by atoms with van der Waals surface area (Å²) in [5.74, 6) is 0. The molecule has 1 aromatic rings. The lowest BCUT2D eigenvalue weighted by atomic mass is 9.97. The van der Waals surface area contributed by atoms with E-state index in [1.165, 1.54) is 0 Å². The van der Waals surface area contributed by atoms with Crippen molar-refractivity contribution in [1.82, 2.24) is 0 Å². The van der Waals surface area contributed by atoms with Crippen molar-refractivity contribution >= 4 is 23.4 Å². The van der Waals surface area contributed by atoms with Crippen molar-refractivity contribution in [3.8, 4) is 0 Å². The molecule has 0 bridgehead atoms. The van der Waals surface area contributed by atoms with Crippen LogP contribution in [0.25, 0.3) is 0 Å². The van der Waals surface area contributed by atoms with Gasteiger partial charge in [0.2, 0.25) is 6.08 Å². The first-order valence-electron chi connectivity index (χ1n) is 4.80. The minimum Gasteiger partial charge on any atom is -0.373 e. The molecule has 1 atom stereocenters. The summed E-state index contributed by atoms with van der Waals surface area (Å²) < 4.78 is 0. The third-order valence-electron chi connectivity index (χ3n) is 2.71. The Hall–Kier alpha value is -1.31. The molecule has 78 valence electrons. The highest BCUT2D eigenvalue weighted by atomic mass is 35.5. The van der Waals surface area contributed by atoms with E-state index in [-0.39, 0.29) is 6.04 Å². The summed E-state index contributed by atoms with van der Waals surface area (Å²) in [7, 11) is 1.99. The average Bonchev–Trinajstić information content (AvgIpc) is 2.22. The van der Waals surface area contributed by atoms with E-state index in [0.29, 0.717) is 5.02 Å². The number of nitrogens with zero attached hydrogens (tertiary/aromatic N) is 2. The minimum atomic E-state index is -0.0904. The molecule has 1 heterocycles. The van der Waals surface area contributed by atoms with Crippen molar-refractivity contribution in [2.24, 2.45) is 4.99 Å². The predicted octanol–water partition coefficient (Wildman–Crippen LogP) is 2.56. The summed E-state index contributed by atoms with van der Waals surface area (Å²) >= 11 is 6.12. The molecule has 0 radical (unpaired) electrons. The molecule has 3 nitrogen and oxygen atoms in total. The number of hydrogen-bond donors (Lipinski definition) is 0. The van der Waals surface area contributed by atoms with E-state index in [9.17, 15) is 4.79 Å². The summed E-state index contributed by atoms with van der Waals surface area (Å²) in [5.41, 5.74) is 1.99. The van der Waals surface area contributed by atoms with Crippen molar-refractivity contribution in [3.05, 3.63) is 28.8 Å². The van der Waals surface area contributed by atoms with Crippen molar-refractivity contribution in [2.75, 3.05) is 18.5 Å². The Bertz CT molecular complexity index is 427. The summed E-state index contributed by atoms with van der Waals surface area (Å²) in [6, 6.07) is 5.60. The Morgan fingerprint density at radius 2 is 2.40 bits per heavy atom. The zero-order chi connectivity index (χ0) is 10.8. The molecule has 1 aliphatic heterocycles. The third-order valence-corrected chi connectivity index (χ3v) is 3.01. The number of hydrogen-bond acceptors (Lipinski definition) is 3. The van der Waals surface area contributed by atoms with Crippen LogP contribution in [-0.4, -0.2) is 19.7 Å². The lowest BCUT2D eigenvalue weighted by Gasteiger charge is -2.31. The Kier molecular flexibility index (Phi) is 2.76. The fraction of sp³-hybridized carbons (Fsp3) is 0.364. The maximum absolute atomic E-state index is 10.3. The number of isocyanates is 1. The van der Waals surface area contributed by atoms with Crippen LogP contribution < -0.4 is 4.90 Å². The molecular formula is C11H11ClN2O. The second kappa shape index (κ2) is 4.05. The van der Waals surface area contributed by atoms with E-state index in [1.807, 2.05) is 25.2 Å². The largest absolute Gasteiger partial charge is 0.373 e. The van der Waals surface area contributed by atoms with Crippen LogP contribution in [0.3, 0.4) is 0 Å². The first-order valence-corrected chi connectivity index (χ1v) is 5.18. The van der Waals surface area contributed by atoms with Gasteiger partial charge in [0.1, 0.15) is 0 Å². The van der Waals surface area contributed by atoms with Crippen LogP contribution in [0.15, 0.2) is 23.2 Å². The number of aliphatic imine (C=N–C) groups is 1. The molecule has 0 amide bonds. The molecule has 0 saturated carbocycles. The highest BCUT2D eigenvalue weighted by Crippen LogP contribution is 2.39. The van der Waals surface area contributed by atoms with Gasteiger partial charge in [0.05, 0.1) is 16.8 Å². The lowest BCUT2D eigenvalue weighted by molar-refractivity contribution is 0.549. The molecular weight excluding hydrogens is 212 g/mol.